The van der Waals surface area contributed by atoms with Gasteiger partial charge in [-0.2, -0.15) is 10.2 Å². The number of hydrogen-bond donors (Lipinski definition) is 2. The van der Waals surface area contributed by atoms with Crippen LogP contribution in [-0.2, 0) is 27.5 Å². The Bertz CT molecular complexity index is 1490. The van der Waals surface area contributed by atoms with E-state index in [1.807, 2.05) is 15.8 Å². The Kier molecular flexibility index (Phi) is 6.62. The topological polar surface area (TPSA) is 152 Å². The summed E-state index contributed by atoms with van der Waals surface area (Å²) in [5.74, 6) is -2.10. The van der Waals surface area contributed by atoms with Crippen LogP contribution in [0.1, 0.15) is 58.0 Å². The highest BCUT2D eigenvalue weighted by molar-refractivity contribution is 6.25. The standard InChI is InChI=1S/C27H28N8O5/c36-22-6-5-21(25(38)31-22)35-26(39)19-3-1-4-20(24(19)27(35)40)28-13-17-14-30-34(15-17)18-7-11-32(12-8-18)23(37)16-33-10-2-9-29-33/h1-4,9-10,14-15,18,21,28H,5-8,11-13,16H2,(H,31,36,38). The Labute approximate surface area is 229 Å². The first kappa shape index (κ1) is 25.5. The molecular formula is C27H28N8O5. The second-order valence-corrected chi connectivity index (χ2v) is 10.2. The van der Waals surface area contributed by atoms with Crippen molar-refractivity contribution in [2.24, 2.45) is 0 Å². The lowest BCUT2D eigenvalue weighted by molar-refractivity contribution is -0.136. The molecule has 2 aromatic heterocycles. The number of amides is 5. The smallest absolute Gasteiger partial charge is 0.264 e. The Hall–Kier alpha value is -4.81. The molecule has 2 saturated heterocycles. The molecule has 0 bridgehead atoms. The van der Waals surface area contributed by atoms with Gasteiger partial charge < -0.3 is 10.2 Å². The van der Waals surface area contributed by atoms with Crippen LogP contribution in [0.15, 0.2) is 49.1 Å². The molecule has 1 atom stereocenters. The highest BCUT2D eigenvalue weighted by Gasteiger charge is 2.45. The van der Waals surface area contributed by atoms with Crippen molar-refractivity contribution < 1.29 is 24.0 Å². The number of carbonyl (C=O) groups is 5. The van der Waals surface area contributed by atoms with Gasteiger partial charge in [0.05, 0.1) is 23.4 Å². The van der Waals surface area contributed by atoms with Gasteiger partial charge in [-0.05, 0) is 37.5 Å². The molecule has 0 aliphatic carbocycles. The van der Waals surface area contributed by atoms with Crippen molar-refractivity contribution in [1.82, 2.24) is 34.7 Å². The molecule has 5 amide bonds. The van der Waals surface area contributed by atoms with E-state index < -0.39 is 29.7 Å². The first-order valence-electron chi connectivity index (χ1n) is 13.3. The maximum absolute atomic E-state index is 13.3. The van der Waals surface area contributed by atoms with Gasteiger partial charge in [0.2, 0.25) is 17.7 Å². The van der Waals surface area contributed by atoms with Gasteiger partial charge in [-0.25, -0.2) is 0 Å². The van der Waals surface area contributed by atoms with E-state index in [-0.39, 0.29) is 42.5 Å². The third kappa shape index (κ3) is 4.74. The molecule has 3 aliphatic rings. The zero-order chi connectivity index (χ0) is 27.8. The molecule has 3 aliphatic heterocycles. The van der Waals surface area contributed by atoms with Gasteiger partial charge in [0.25, 0.3) is 11.8 Å². The number of anilines is 1. The first-order valence-corrected chi connectivity index (χ1v) is 13.3. The van der Waals surface area contributed by atoms with Crippen LogP contribution >= 0.6 is 0 Å². The summed E-state index contributed by atoms with van der Waals surface area (Å²) >= 11 is 0. The number of rotatable bonds is 7. The number of benzene rings is 1. The van der Waals surface area contributed by atoms with Crippen LogP contribution in [0, 0.1) is 0 Å². The van der Waals surface area contributed by atoms with E-state index in [1.54, 1.807) is 47.5 Å². The lowest BCUT2D eigenvalue weighted by Crippen LogP contribution is -2.54. The quantitative estimate of drug-likeness (QED) is 0.418. The van der Waals surface area contributed by atoms with Crippen molar-refractivity contribution in [3.05, 3.63) is 65.7 Å². The number of nitrogens with one attached hydrogen (secondary N) is 2. The summed E-state index contributed by atoms with van der Waals surface area (Å²) in [6.07, 6.45) is 8.89. The molecule has 0 radical (unpaired) electrons. The molecule has 6 rings (SSSR count). The van der Waals surface area contributed by atoms with Crippen molar-refractivity contribution in [2.45, 2.75) is 50.9 Å². The van der Waals surface area contributed by atoms with Crippen LogP contribution in [0.3, 0.4) is 0 Å². The molecule has 1 aromatic carbocycles. The lowest BCUT2D eigenvalue weighted by Gasteiger charge is -2.32. The van der Waals surface area contributed by atoms with Gasteiger partial charge >= 0.3 is 0 Å². The Morgan fingerprint density at radius 2 is 1.85 bits per heavy atom. The predicted molar refractivity (Wildman–Crippen MR) is 140 cm³/mol. The van der Waals surface area contributed by atoms with Crippen LogP contribution in [0.25, 0.3) is 0 Å². The fourth-order valence-electron chi connectivity index (χ4n) is 5.54. The van der Waals surface area contributed by atoms with E-state index in [9.17, 15) is 24.0 Å². The Balaban J connectivity index is 1.07. The molecule has 40 heavy (non-hydrogen) atoms. The summed E-state index contributed by atoms with van der Waals surface area (Å²) in [5, 5.41) is 14.1. The van der Waals surface area contributed by atoms with Crippen LogP contribution in [0.4, 0.5) is 5.69 Å². The summed E-state index contributed by atoms with van der Waals surface area (Å²) in [7, 11) is 0. The average Bonchev–Trinajstić information content (AvgIpc) is 3.70. The van der Waals surface area contributed by atoms with E-state index in [2.05, 4.69) is 20.8 Å². The second kappa shape index (κ2) is 10.4. The number of nitrogens with zero attached hydrogens (tertiary/aromatic N) is 6. The fraction of sp³-hybridized carbons (Fsp3) is 0.370. The third-order valence-electron chi connectivity index (χ3n) is 7.65. The summed E-state index contributed by atoms with van der Waals surface area (Å²) in [4.78, 5) is 65.6. The van der Waals surface area contributed by atoms with Crippen molar-refractivity contribution >= 4 is 35.2 Å². The van der Waals surface area contributed by atoms with Gasteiger partial charge in [-0.3, -0.25) is 43.6 Å². The van der Waals surface area contributed by atoms with Crippen LogP contribution in [0.5, 0.6) is 0 Å². The van der Waals surface area contributed by atoms with E-state index >= 15 is 0 Å². The Morgan fingerprint density at radius 1 is 1.02 bits per heavy atom. The molecule has 0 spiro atoms. The van der Waals surface area contributed by atoms with Gasteiger partial charge in [0.1, 0.15) is 12.6 Å². The normalized spacial score (nSPS) is 19.6. The summed E-state index contributed by atoms with van der Waals surface area (Å²) in [6, 6.07) is 5.93. The van der Waals surface area contributed by atoms with Crippen molar-refractivity contribution in [1.29, 1.82) is 0 Å². The number of fused-ring (bicyclic) bond motifs is 1. The molecule has 1 unspecified atom stereocenters. The summed E-state index contributed by atoms with van der Waals surface area (Å²) < 4.78 is 3.54. The van der Waals surface area contributed by atoms with Crippen LogP contribution in [-0.4, -0.2) is 78.0 Å². The highest BCUT2D eigenvalue weighted by Crippen LogP contribution is 2.32. The minimum absolute atomic E-state index is 0.0482. The molecule has 2 fully saturated rings. The van der Waals surface area contributed by atoms with Gasteiger partial charge in [0.15, 0.2) is 0 Å². The Morgan fingerprint density at radius 3 is 2.60 bits per heavy atom. The second-order valence-electron chi connectivity index (χ2n) is 10.2. The van der Waals surface area contributed by atoms with Crippen LogP contribution < -0.4 is 10.6 Å². The highest BCUT2D eigenvalue weighted by atomic mass is 16.2. The maximum Gasteiger partial charge on any atom is 0.264 e. The number of hydrogen-bond acceptors (Lipinski definition) is 8. The number of piperidine rings is 2. The molecule has 5 heterocycles. The van der Waals surface area contributed by atoms with Gasteiger partial charge in [0, 0.05) is 55.9 Å². The average molecular weight is 545 g/mol. The largest absolute Gasteiger partial charge is 0.380 e. The zero-order valence-electron chi connectivity index (χ0n) is 21.7. The monoisotopic (exact) mass is 544 g/mol. The van der Waals surface area contributed by atoms with Gasteiger partial charge in [-0.1, -0.05) is 6.07 Å². The van der Waals surface area contributed by atoms with Gasteiger partial charge in [-0.15, -0.1) is 0 Å². The molecule has 206 valence electrons. The van der Waals surface area contributed by atoms with Crippen LogP contribution in [0.2, 0.25) is 0 Å². The first-order chi connectivity index (χ1) is 19.4. The fourth-order valence-corrected chi connectivity index (χ4v) is 5.54. The lowest BCUT2D eigenvalue weighted by atomic mass is 10.0. The number of likely N-dealkylation sites (tertiary alicyclic amines) is 1. The third-order valence-corrected chi connectivity index (χ3v) is 7.65. The van der Waals surface area contributed by atoms with Crippen molar-refractivity contribution in [2.75, 3.05) is 18.4 Å². The van der Waals surface area contributed by atoms with E-state index in [1.165, 1.54) is 0 Å². The minimum atomic E-state index is -1.01. The van der Waals surface area contributed by atoms with E-state index in [0.717, 1.165) is 23.3 Å². The summed E-state index contributed by atoms with van der Waals surface area (Å²) in [6.45, 7) is 1.90. The molecule has 2 N–H and O–H groups in total. The van der Waals surface area contributed by atoms with Crippen molar-refractivity contribution in [3.63, 3.8) is 0 Å². The molecule has 13 nitrogen and oxygen atoms in total. The maximum atomic E-state index is 13.3. The molecule has 0 saturated carbocycles. The number of imide groups is 2. The van der Waals surface area contributed by atoms with Crippen molar-refractivity contribution in [3.8, 4) is 0 Å². The molecular weight excluding hydrogens is 516 g/mol. The minimum Gasteiger partial charge on any atom is -0.380 e. The summed E-state index contributed by atoms with van der Waals surface area (Å²) in [5.41, 5.74) is 1.83. The molecule has 3 aromatic rings. The van der Waals surface area contributed by atoms with E-state index in [0.29, 0.717) is 25.3 Å². The molecule has 13 heteroatoms. The predicted octanol–water partition coefficient (Wildman–Crippen LogP) is 0.957. The van der Waals surface area contributed by atoms with E-state index in [4.69, 9.17) is 0 Å². The zero-order valence-corrected chi connectivity index (χ0v) is 21.7. The number of aromatic nitrogens is 4. The number of carbonyl (C=O) groups excluding carboxylic acids is 5. The SMILES string of the molecule is O=C1CCC(N2C(=O)c3cccc(NCc4cnn(C5CCN(C(=O)Cn6cccn6)CC5)c4)c3C2=O)C(=O)N1.